The molecule has 8 heteroatoms. The second kappa shape index (κ2) is 6.83. The number of hydrogen-bond acceptors (Lipinski definition) is 3. The second-order valence-corrected chi connectivity index (χ2v) is 4.33. The van der Waals surface area contributed by atoms with Crippen LogP contribution in [0.25, 0.3) is 0 Å². The van der Waals surface area contributed by atoms with Crippen molar-refractivity contribution in [1.82, 2.24) is 10.6 Å². The van der Waals surface area contributed by atoms with Gasteiger partial charge in [0.15, 0.2) is 0 Å². The molecular weight excluding hydrogens is 323 g/mol. The first-order chi connectivity index (χ1) is 8.90. The third-order valence-corrected chi connectivity index (χ3v) is 2.68. The number of carbonyl (C=O) groups excluding carboxylic acids is 2. The van der Waals surface area contributed by atoms with Gasteiger partial charge in [-0.25, -0.2) is 4.39 Å². The molecule has 0 radical (unpaired) electrons. The van der Waals surface area contributed by atoms with E-state index in [1.807, 2.05) is 0 Å². The fraction of sp³-hybridized carbons (Fsp3) is 0.182. The molecule has 0 aliphatic heterocycles. The predicted molar refractivity (Wildman–Crippen MR) is 67.1 cm³/mol. The zero-order chi connectivity index (χ0) is 14.4. The third-order valence-electron chi connectivity index (χ3n) is 2.02. The first-order valence-corrected chi connectivity index (χ1v) is 5.91. The molecule has 6 nitrogen and oxygen atoms in total. The van der Waals surface area contributed by atoms with Crippen LogP contribution in [0.15, 0.2) is 22.7 Å². The summed E-state index contributed by atoms with van der Waals surface area (Å²) in [5.74, 6) is -2.88. The van der Waals surface area contributed by atoms with E-state index in [1.165, 1.54) is 6.07 Å². The summed E-state index contributed by atoms with van der Waals surface area (Å²) in [6.45, 7) is -0.884. The summed E-state index contributed by atoms with van der Waals surface area (Å²) in [5, 5.41) is 12.7. The highest BCUT2D eigenvalue weighted by Crippen LogP contribution is 2.17. The van der Waals surface area contributed by atoms with Gasteiger partial charge in [0.1, 0.15) is 12.4 Å². The number of halogens is 2. The first kappa shape index (κ1) is 15.1. The van der Waals surface area contributed by atoms with Crippen molar-refractivity contribution in [3.8, 4) is 0 Å². The summed E-state index contributed by atoms with van der Waals surface area (Å²) < 4.78 is 13.1. The van der Waals surface area contributed by atoms with Gasteiger partial charge in [-0.3, -0.25) is 14.4 Å². The van der Waals surface area contributed by atoms with E-state index in [2.05, 4.69) is 26.6 Å². The summed E-state index contributed by atoms with van der Waals surface area (Å²) in [5.41, 5.74) is 0.174. The maximum Gasteiger partial charge on any atom is 0.322 e. The van der Waals surface area contributed by atoms with Crippen LogP contribution in [0.1, 0.15) is 10.4 Å². The van der Waals surface area contributed by atoms with E-state index >= 15 is 0 Å². The van der Waals surface area contributed by atoms with Gasteiger partial charge in [-0.1, -0.05) is 0 Å². The number of aliphatic carboxylic acids is 1. The van der Waals surface area contributed by atoms with Gasteiger partial charge in [0.05, 0.1) is 12.1 Å². The lowest BCUT2D eigenvalue weighted by molar-refractivity contribution is -0.137. The Bertz CT molecular complexity index is 521. The van der Waals surface area contributed by atoms with Crippen molar-refractivity contribution >= 4 is 33.7 Å². The topological polar surface area (TPSA) is 95.5 Å². The Morgan fingerprint density at radius 3 is 2.47 bits per heavy atom. The monoisotopic (exact) mass is 332 g/mol. The van der Waals surface area contributed by atoms with Crippen LogP contribution in [-0.4, -0.2) is 36.0 Å². The number of nitrogens with one attached hydrogen (secondary N) is 2. The minimum Gasteiger partial charge on any atom is -0.480 e. The van der Waals surface area contributed by atoms with Gasteiger partial charge in [-0.05, 0) is 34.1 Å². The smallest absolute Gasteiger partial charge is 0.322 e. The molecule has 0 saturated heterocycles. The van der Waals surface area contributed by atoms with E-state index < -0.39 is 30.1 Å². The quantitative estimate of drug-likeness (QED) is 0.732. The summed E-state index contributed by atoms with van der Waals surface area (Å²) in [7, 11) is 0. The molecule has 0 aliphatic rings. The van der Waals surface area contributed by atoms with E-state index in [0.29, 0.717) is 0 Å². The van der Waals surface area contributed by atoms with Gasteiger partial charge in [0.2, 0.25) is 5.91 Å². The average Bonchev–Trinajstić information content (AvgIpc) is 2.33. The maximum atomic E-state index is 12.8. The van der Waals surface area contributed by atoms with E-state index in [1.54, 1.807) is 0 Å². The Hall–Kier alpha value is -1.96. The molecule has 3 N–H and O–H groups in total. The van der Waals surface area contributed by atoms with E-state index in [0.717, 1.165) is 12.1 Å². The molecule has 0 bridgehead atoms. The SMILES string of the molecule is O=C(O)CNC(=O)CNC(=O)c1ccc(F)cc1Br. The van der Waals surface area contributed by atoms with Crippen molar-refractivity contribution in [2.45, 2.75) is 0 Å². The van der Waals surface area contributed by atoms with Crippen LogP contribution in [0, 0.1) is 5.82 Å². The number of rotatable bonds is 5. The number of carboxylic acids is 1. The van der Waals surface area contributed by atoms with Crippen LogP contribution < -0.4 is 10.6 Å². The molecule has 0 unspecified atom stereocenters. The van der Waals surface area contributed by atoms with Gasteiger partial charge in [0, 0.05) is 4.47 Å². The highest BCUT2D eigenvalue weighted by atomic mass is 79.9. The second-order valence-electron chi connectivity index (χ2n) is 3.48. The highest BCUT2D eigenvalue weighted by Gasteiger charge is 2.12. The minimum atomic E-state index is -1.18. The van der Waals surface area contributed by atoms with Gasteiger partial charge in [0.25, 0.3) is 5.91 Å². The fourth-order valence-electron chi connectivity index (χ4n) is 1.17. The molecular formula is C11H10BrFN2O4. The summed E-state index contributed by atoms with van der Waals surface area (Å²) in [6, 6.07) is 3.51. The van der Waals surface area contributed by atoms with Crippen LogP contribution in [0.5, 0.6) is 0 Å². The molecule has 0 heterocycles. The lowest BCUT2D eigenvalue weighted by Gasteiger charge is -2.07. The Kier molecular flexibility index (Phi) is 5.43. The lowest BCUT2D eigenvalue weighted by Crippen LogP contribution is -2.39. The first-order valence-electron chi connectivity index (χ1n) is 5.12. The van der Waals surface area contributed by atoms with Gasteiger partial charge in [-0.2, -0.15) is 0 Å². The van der Waals surface area contributed by atoms with Crippen LogP contribution in [-0.2, 0) is 9.59 Å². The zero-order valence-electron chi connectivity index (χ0n) is 9.57. The Balaban J connectivity index is 2.51. The number of amides is 2. The van der Waals surface area contributed by atoms with Crippen LogP contribution in [0.2, 0.25) is 0 Å². The van der Waals surface area contributed by atoms with Crippen LogP contribution >= 0.6 is 15.9 Å². The Morgan fingerprint density at radius 1 is 1.21 bits per heavy atom. The van der Waals surface area contributed by atoms with Crippen molar-refractivity contribution in [3.63, 3.8) is 0 Å². The summed E-state index contributed by atoms with van der Waals surface area (Å²) in [6.07, 6.45) is 0. The molecule has 19 heavy (non-hydrogen) atoms. The van der Waals surface area contributed by atoms with Gasteiger partial charge < -0.3 is 15.7 Å². The molecule has 2 amide bonds. The normalized spacial score (nSPS) is 9.79. The van der Waals surface area contributed by atoms with Crippen LogP contribution in [0.3, 0.4) is 0 Å². The highest BCUT2D eigenvalue weighted by molar-refractivity contribution is 9.10. The standard InChI is InChI=1S/C11H10BrFN2O4/c12-8-3-6(13)1-2-7(8)11(19)15-4-9(16)14-5-10(17)18/h1-3H,4-5H2,(H,14,16)(H,15,19)(H,17,18). The number of hydrogen-bond donors (Lipinski definition) is 3. The predicted octanol–water partition coefficient (Wildman–Crippen LogP) is 0.519. The number of carboxylic acid groups (broad SMARTS) is 1. The molecule has 0 aliphatic carbocycles. The number of carbonyl (C=O) groups is 3. The molecule has 1 rings (SSSR count). The van der Waals surface area contributed by atoms with Gasteiger partial charge >= 0.3 is 5.97 Å². The van der Waals surface area contributed by atoms with Crippen molar-refractivity contribution in [3.05, 3.63) is 34.1 Å². The molecule has 0 spiro atoms. The maximum absolute atomic E-state index is 12.8. The van der Waals surface area contributed by atoms with E-state index in [4.69, 9.17) is 5.11 Å². The molecule has 0 saturated carbocycles. The van der Waals surface area contributed by atoms with Gasteiger partial charge in [-0.15, -0.1) is 0 Å². The van der Waals surface area contributed by atoms with Crippen molar-refractivity contribution in [2.75, 3.05) is 13.1 Å². The number of benzene rings is 1. The van der Waals surface area contributed by atoms with Crippen molar-refractivity contribution < 1.29 is 23.9 Å². The molecule has 0 atom stereocenters. The van der Waals surface area contributed by atoms with E-state index in [-0.39, 0.29) is 16.6 Å². The summed E-state index contributed by atoms with van der Waals surface area (Å²) >= 11 is 3.03. The molecule has 0 aromatic heterocycles. The molecule has 1 aromatic rings. The molecule has 0 fully saturated rings. The van der Waals surface area contributed by atoms with Crippen molar-refractivity contribution in [1.29, 1.82) is 0 Å². The van der Waals surface area contributed by atoms with E-state index in [9.17, 15) is 18.8 Å². The molecule has 1 aromatic carbocycles. The average molecular weight is 333 g/mol. The minimum absolute atomic E-state index is 0.174. The summed E-state index contributed by atoms with van der Waals surface area (Å²) in [4.78, 5) is 33.0. The zero-order valence-corrected chi connectivity index (χ0v) is 11.2. The van der Waals surface area contributed by atoms with Crippen LogP contribution in [0.4, 0.5) is 4.39 Å². The Labute approximate surface area is 116 Å². The third kappa shape index (κ3) is 5.04. The fourth-order valence-corrected chi connectivity index (χ4v) is 1.70. The largest absolute Gasteiger partial charge is 0.480 e. The van der Waals surface area contributed by atoms with Crippen molar-refractivity contribution in [2.24, 2.45) is 0 Å². The molecule has 102 valence electrons. The lowest BCUT2D eigenvalue weighted by atomic mass is 10.2. The Morgan fingerprint density at radius 2 is 1.89 bits per heavy atom.